The summed E-state index contributed by atoms with van der Waals surface area (Å²) in [6.07, 6.45) is 1.80. The zero-order valence-corrected chi connectivity index (χ0v) is 25.8. The van der Waals surface area contributed by atoms with Gasteiger partial charge in [0.2, 0.25) is 0 Å². The molecule has 5 N–H and O–H groups in total. The van der Waals surface area contributed by atoms with Gasteiger partial charge in [-0.05, 0) is 97.7 Å². The van der Waals surface area contributed by atoms with Gasteiger partial charge in [0.05, 0.1) is 31.5 Å². The molecule has 7 aliphatic rings. The maximum absolute atomic E-state index is 11.0. The number of fused-ring (bicyclic) bond motifs is 7. The molecule has 0 radical (unpaired) electrons. The van der Waals surface area contributed by atoms with Crippen LogP contribution in [0.15, 0.2) is 0 Å². The molecule has 0 amide bonds. The predicted octanol–water partition coefficient (Wildman–Crippen LogP) is 2.59. The summed E-state index contributed by atoms with van der Waals surface area (Å²) in [5.74, 6) is 2.14. The molecule has 7 rings (SSSR count). The first-order valence-electron chi connectivity index (χ1n) is 16.9. The minimum Gasteiger partial charge on any atom is -0.394 e. The van der Waals surface area contributed by atoms with Crippen LogP contribution in [-0.4, -0.2) is 93.6 Å². The zero-order chi connectivity index (χ0) is 29.8. The van der Waals surface area contributed by atoms with Gasteiger partial charge in [-0.1, -0.05) is 27.7 Å². The minimum atomic E-state index is -1.46. The average Bonchev–Trinajstić information content (AvgIpc) is 3.40. The van der Waals surface area contributed by atoms with Gasteiger partial charge >= 0.3 is 0 Å². The summed E-state index contributed by atoms with van der Waals surface area (Å²) >= 11 is 0. The second-order valence-electron chi connectivity index (χ2n) is 16.1. The third kappa shape index (κ3) is 4.35. The van der Waals surface area contributed by atoms with E-state index in [0.29, 0.717) is 29.6 Å². The molecule has 4 saturated carbocycles. The van der Waals surface area contributed by atoms with Crippen molar-refractivity contribution in [1.29, 1.82) is 0 Å². The lowest BCUT2D eigenvalue weighted by Crippen LogP contribution is -2.63. The van der Waals surface area contributed by atoms with E-state index in [2.05, 4.69) is 27.7 Å². The summed E-state index contributed by atoms with van der Waals surface area (Å²) in [5, 5.41) is 52.5. The Morgan fingerprint density at radius 3 is 2.36 bits per heavy atom. The van der Waals surface area contributed by atoms with E-state index in [1.807, 2.05) is 0 Å². The maximum Gasteiger partial charge on any atom is 0.186 e. The summed E-state index contributed by atoms with van der Waals surface area (Å²) in [5.41, 5.74) is -0.0758. The molecule has 240 valence electrons. The van der Waals surface area contributed by atoms with E-state index in [1.165, 1.54) is 0 Å². The van der Waals surface area contributed by atoms with Crippen molar-refractivity contribution < 1.29 is 44.5 Å². The SMILES string of the molecule is CC1CCC2(OC1)OC1CC3C4CCC5CC(O)CCC5(C)C4C(OC4OC(CO)C(O)C(O)C4O)CC3(C)C1C2C. The zero-order valence-electron chi connectivity index (χ0n) is 25.8. The fourth-order valence-electron chi connectivity index (χ4n) is 11.8. The lowest BCUT2D eigenvalue weighted by Gasteiger charge is -2.63. The Labute approximate surface area is 250 Å². The fraction of sp³-hybridized carbons (Fsp3) is 1.00. The average molecular weight is 595 g/mol. The Morgan fingerprint density at radius 1 is 0.857 bits per heavy atom. The molecule has 3 saturated heterocycles. The summed E-state index contributed by atoms with van der Waals surface area (Å²) < 4.78 is 26.2. The van der Waals surface area contributed by atoms with Crippen LogP contribution in [0.5, 0.6) is 0 Å². The van der Waals surface area contributed by atoms with Gasteiger partial charge in [0.25, 0.3) is 0 Å². The number of hydrogen-bond acceptors (Lipinski definition) is 9. The molecular formula is C33H54O9. The second-order valence-corrected chi connectivity index (χ2v) is 16.1. The Hall–Kier alpha value is -0.360. The van der Waals surface area contributed by atoms with Crippen LogP contribution in [0.4, 0.5) is 0 Å². The molecule has 9 nitrogen and oxygen atoms in total. The van der Waals surface area contributed by atoms with Gasteiger partial charge < -0.3 is 44.5 Å². The first-order chi connectivity index (χ1) is 19.9. The van der Waals surface area contributed by atoms with Crippen LogP contribution in [0, 0.1) is 52.3 Å². The number of hydrogen-bond donors (Lipinski definition) is 5. The summed E-state index contributed by atoms with van der Waals surface area (Å²) in [7, 11) is 0. The van der Waals surface area contributed by atoms with Gasteiger partial charge in [-0.15, -0.1) is 0 Å². The van der Waals surface area contributed by atoms with Gasteiger partial charge in [-0.25, -0.2) is 0 Å². The van der Waals surface area contributed by atoms with Gasteiger partial charge in [-0.2, -0.15) is 0 Å². The summed E-state index contributed by atoms with van der Waals surface area (Å²) in [6.45, 7) is 9.67. The normalized spacial score (nSPS) is 60.9. The molecule has 0 aromatic rings. The monoisotopic (exact) mass is 594 g/mol. The van der Waals surface area contributed by atoms with Crippen LogP contribution in [0.2, 0.25) is 0 Å². The quantitative estimate of drug-likeness (QED) is 0.334. The molecule has 3 aliphatic heterocycles. The molecule has 0 bridgehead atoms. The van der Waals surface area contributed by atoms with Crippen molar-refractivity contribution in [1.82, 2.24) is 0 Å². The number of ether oxygens (including phenoxy) is 4. The lowest BCUT2D eigenvalue weighted by molar-refractivity contribution is -0.331. The van der Waals surface area contributed by atoms with E-state index in [0.717, 1.165) is 64.4 Å². The third-order valence-corrected chi connectivity index (χ3v) is 14.0. The Kier molecular flexibility index (Phi) is 7.64. The van der Waals surface area contributed by atoms with E-state index in [-0.39, 0.29) is 41.0 Å². The second kappa shape index (κ2) is 10.6. The summed E-state index contributed by atoms with van der Waals surface area (Å²) in [4.78, 5) is 0. The Morgan fingerprint density at radius 2 is 1.64 bits per heavy atom. The Balaban J connectivity index is 1.23. The predicted molar refractivity (Wildman–Crippen MR) is 152 cm³/mol. The molecule has 0 aromatic heterocycles. The number of aliphatic hydroxyl groups excluding tert-OH is 5. The van der Waals surface area contributed by atoms with Crippen LogP contribution in [0.1, 0.15) is 85.5 Å². The first kappa shape index (κ1) is 30.3. The molecule has 1 spiro atoms. The van der Waals surface area contributed by atoms with E-state index in [1.54, 1.807) is 0 Å². The molecule has 18 atom stereocenters. The highest BCUT2D eigenvalue weighted by atomic mass is 16.7. The Bertz CT molecular complexity index is 1000. The van der Waals surface area contributed by atoms with E-state index >= 15 is 0 Å². The topological polar surface area (TPSA) is 138 Å². The van der Waals surface area contributed by atoms with Crippen LogP contribution in [0.3, 0.4) is 0 Å². The molecule has 7 fully saturated rings. The van der Waals surface area contributed by atoms with Crippen molar-refractivity contribution in [3.05, 3.63) is 0 Å². The largest absolute Gasteiger partial charge is 0.394 e. The maximum atomic E-state index is 11.0. The van der Waals surface area contributed by atoms with Crippen LogP contribution >= 0.6 is 0 Å². The van der Waals surface area contributed by atoms with Crippen molar-refractivity contribution in [2.24, 2.45) is 52.3 Å². The van der Waals surface area contributed by atoms with Crippen molar-refractivity contribution in [2.45, 2.75) is 140 Å². The molecule has 4 aliphatic carbocycles. The highest BCUT2D eigenvalue weighted by Gasteiger charge is 2.71. The molecule has 3 heterocycles. The molecule has 9 heteroatoms. The van der Waals surface area contributed by atoms with Crippen molar-refractivity contribution >= 4 is 0 Å². The van der Waals surface area contributed by atoms with E-state index < -0.39 is 43.1 Å². The highest BCUT2D eigenvalue weighted by Crippen LogP contribution is 2.71. The smallest absolute Gasteiger partial charge is 0.186 e. The number of aliphatic hydroxyl groups is 5. The van der Waals surface area contributed by atoms with Gasteiger partial charge in [0.15, 0.2) is 12.1 Å². The van der Waals surface area contributed by atoms with E-state index in [4.69, 9.17) is 18.9 Å². The van der Waals surface area contributed by atoms with Crippen LogP contribution in [0.25, 0.3) is 0 Å². The van der Waals surface area contributed by atoms with Gasteiger partial charge in [0.1, 0.15) is 24.4 Å². The molecule has 42 heavy (non-hydrogen) atoms. The lowest BCUT2D eigenvalue weighted by atomic mass is 9.43. The van der Waals surface area contributed by atoms with Crippen LogP contribution < -0.4 is 0 Å². The number of rotatable bonds is 3. The molecule has 0 aromatic carbocycles. The van der Waals surface area contributed by atoms with Gasteiger partial charge in [0, 0.05) is 12.3 Å². The van der Waals surface area contributed by atoms with Gasteiger partial charge in [-0.3, -0.25) is 0 Å². The fourth-order valence-corrected chi connectivity index (χ4v) is 11.8. The van der Waals surface area contributed by atoms with Crippen molar-refractivity contribution in [3.8, 4) is 0 Å². The third-order valence-electron chi connectivity index (χ3n) is 14.0. The van der Waals surface area contributed by atoms with Crippen molar-refractivity contribution in [3.63, 3.8) is 0 Å². The van der Waals surface area contributed by atoms with E-state index in [9.17, 15) is 25.5 Å². The standard InChI is InChI=1S/C33H54O9/c1-16-7-10-33(39-15-16)17(2)25-22(42-33)12-21-20-6-5-18-11-19(35)8-9-31(18,3)26(20)23(13-32(21,25)4)40-30-29(38)28(37)27(36)24(14-34)41-30/h16-30,34-38H,5-15H2,1-4H3. The minimum absolute atomic E-state index is 0.0176. The highest BCUT2D eigenvalue weighted by molar-refractivity contribution is 5.17. The molecule has 18 unspecified atom stereocenters. The first-order valence-corrected chi connectivity index (χ1v) is 16.9. The molecular weight excluding hydrogens is 540 g/mol. The summed E-state index contributed by atoms with van der Waals surface area (Å²) in [6, 6.07) is 0. The van der Waals surface area contributed by atoms with Crippen molar-refractivity contribution in [2.75, 3.05) is 13.2 Å². The van der Waals surface area contributed by atoms with Crippen LogP contribution in [-0.2, 0) is 18.9 Å².